The average Bonchev–Trinajstić information content (AvgIpc) is 2.37. The van der Waals surface area contributed by atoms with E-state index in [9.17, 15) is 14.9 Å². The molecule has 1 saturated carbocycles. The van der Waals surface area contributed by atoms with Gasteiger partial charge in [-0.1, -0.05) is 30.2 Å². The molecule has 1 aromatic carbocycles. The predicted octanol–water partition coefficient (Wildman–Crippen LogP) is 3.46. The van der Waals surface area contributed by atoms with Gasteiger partial charge in [0, 0.05) is 22.3 Å². The van der Waals surface area contributed by atoms with Crippen molar-refractivity contribution in [1.29, 1.82) is 0 Å². The van der Waals surface area contributed by atoms with Crippen LogP contribution in [0.15, 0.2) is 24.3 Å². The van der Waals surface area contributed by atoms with Crippen LogP contribution < -0.4 is 0 Å². The lowest BCUT2D eigenvalue weighted by Gasteiger charge is -2.27. The largest absolute Gasteiger partial charge is 0.299 e. The number of ketones is 1. The van der Waals surface area contributed by atoms with Gasteiger partial charge in [0.25, 0.3) is 0 Å². The van der Waals surface area contributed by atoms with E-state index < -0.39 is 0 Å². The van der Waals surface area contributed by atoms with Crippen LogP contribution >= 0.6 is 11.6 Å². The Bertz CT molecular complexity index is 489. The SMILES string of the molecule is O=C1CCCC[C@@H]1[C@H](C[N+](=O)[O-])c1cccc(Cl)c1. The number of carbonyl (C=O) groups is 1. The van der Waals surface area contributed by atoms with Crippen LogP contribution in [0.4, 0.5) is 0 Å². The highest BCUT2D eigenvalue weighted by Crippen LogP contribution is 2.34. The Kier molecular flexibility index (Phi) is 4.53. The average molecular weight is 282 g/mol. The molecule has 4 nitrogen and oxygen atoms in total. The molecule has 0 spiro atoms. The lowest BCUT2D eigenvalue weighted by atomic mass is 9.76. The number of nitro groups is 1. The van der Waals surface area contributed by atoms with Crippen molar-refractivity contribution in [1.82, 2.24) is 0 Å². The van der Waals surface area contributed by atoms with Crippen LogP contribution in [0.25, 0.3) is 0 Å². The van der Waals surface area contributed by atoms with Gasteiger partial charge in [0.2, 0.25) is 6.54 Å². The maximum Gasteiger partial charge on any atom is 0.211 e. The van der Waals surface area contributed by atoms with E-state index in [0.717, 1.165) is 24.8 Å². The smallest absolute Gasteiger partial charge is 0.211 e. The lowest BCUT2D eigenvalue weighted by Crippen LogP contribution is -2.30. The molecule has 2 rings (SSSR count). The summed E-state index contributed by atoms with van der Waals surface area (Å²) in [6.07, 6.45) is 3.14. The van der Waals surface area contributed by atoms with Gasteiger partial charge in [0.1, 0.15) is 5.78 Å². The Labute approximate surface area is 116 Å². The van der Waals surface area contributed by atoms with E-state index in [4.69, 9.17) is 11.6 Å². The highest BCUT2D eigenvalue weighted by Gasteiger charge is 2.34. The van der Waals surface area contributed by atoms with E-state index in [-0.39, 0.29) is 29.1 Å². The van der Waals surface area contributed by atoms with Crippen LogP contribution in [-0.2, 0) is 4.79 Å². The molecule has 0 saturated heterocycles. The summed E-state index contributed by atoms with van der Waals surface area (Å²) in [6.45, 7) is -0.212. The molecular formula is C14H16ClNO3. The third-order valence-electron chi connectivity index (χ3n) is 3.71. The molecule has 0 bridgehead atoms. The highest BCUT2D eigenvalue weighted by atomic mass is 35.5. The minimum atomic E-state index is -0.360. The molecule has 0 aliphatic heterocycles. The fourth-order valence-corrected chi connectivity index (χ4v) is 3.00. The molecule has 0 radical (unpaired) electrons. The normalized spacial score (nSPS) is 21.1. The Morgan fingerprint density at radius 2 is 2.21 bits per heavy atom. The van der Waals surface area contributed by atoms with Gasteiger partial charge >= 0.3 is 0 Å². The summed E-state index contributed by atoms with van der Waals surface area (Å²) in [5.74, 6) is -0.447. The number of Topliss-reactive ketones (excluding diaryl/α,β-unsaturated/α-hetero) is 1. The Balaban J connectivity index is 2.29. The number of benzene rings is 1. The van der Waals surface area contributed by atoms with Crippen molar-refractivity contribution in [2.24, 2.45) is 5.92 Å². The number of carbonyl (C=O) groups excluding carboxylic acids is 1. The van der Waals surface area contributed by atoms with E-state index in [0.29, 0.717) is 11.4 Å². The van der Waals surface area contributed by atoms with Gasteiger partial charge in [-0.05, 0) is 30.5 Å². The van der Waals surface area contributed by atoms with Crippen molar-refractivity contribution >= 4 is 17.4 Å². The summed E-state index contributed by atoms with van der Waals surface area (Å²) in [5, 5.41) is 11.4. The van der Waals surface area contributed by atoms with Crippen molar-refractivity contribution in [3.05, 3.63) is 45.0 Å². The van der Waals surface area contributed by atoms with Crippen molar-refractivity contribution in [3.63, 3.8) is 0 Å². The Morgan fingerprint density at radius 3 is 2.84 bits per heavy atom. The highest BCUT2D eigenvalue weighted by molar-refractivity contribution is 6.30. The van der Waals surface area contributed by atoms with Crippen LogP contribution in [0, 0.1) is 16.0 Å². The van der Waals surface area contributed by atoms with Gasteiger partial charge in [0.05, 0.1) is 5.92 Å². The second kappa shape index (κ2) is 6.15. The number of hydrogen-bond donors (Lipinski definition) is 0. The standard InChI is InChI=1S/C14H16ClNO3/c15-11-5-3-4-10(8-11)13(9-16(18)19)12-6-1-2-7-14(12)17/h3-5,8,12-13H,1-2,6-7,9H2/t12-,13-/m1/s1. The van der Waals surface area contributed by atoms with Gasteiger partial charge in [-0.25, -0.2) is 0 Å². The summed E-state index contributed by atoms with van der Waals surface area (Å²) < 4.78 is 0. The van der Waals surface area contributed by atoms with Crippen LogP contribution in [0.1, 0.15) is 37.2 Å². The lowest BCUT2D eigenvalue weighted by molar-refractivity contribution is -0.484. The van der Waals surface area contributed by atoms with Crippen LogP contribution in [0.3, 0.4) is 0 Å². The molecule has 1 aliphatic rings. The van der Waals surface area contributed by atoms with E-state index in [1.807, 2.05) is 6.07 Å². The van der Waals surface area contributed by atoms with Crippen molar-refractivity contribution in [3.8, 4) is 0 Å². The van der Waals surface area contributed by atoms with Crippen LogP contribution in [0.5, 0.6) is 0 Å². The van der Waals surface area contributed by atoms with E-state index in [2.05, 4.69) is 0 Å². The summed E-state index contributed by atoms with van der Waals surface area (Å²) in [6, 6.07) is 7.06. The third-order valence-corrected chi connectivity index (χ3v) is 3.95. The van der Waals surface area contributed by atoms with Gasteiger partial charge < -0.3 is 0 Å². The topological polar surface area (TPSA) is 60.2 Å². The monoisotopic (exact) mass is 281 g/mol. The number of rotatable bonds is 4. The zero-order chi connectivity index (χ0) is 13.8. The van der Waals surface area contributed by atoms with E-state index >= 15 is 0 Å². The molecule has 0 unspecified atom stereocenters. The number of halogens is 1. The molecule has 0 aromatic heterocycles. The van der Waals surface area contributed by atoms with Gasteiger partial charge in [-0.3, -0.25) is 14.9 Å². The van der Waals surface area contributed by atoms with E-state index in [1.54, 1.807) is 18.2 Å². The molecule has 0 heterocycles. The Hall–Kier alpha value is -1.42. The Morgan fingerprint density at radius 1 is 1.42 bits per heavy atom. The molecule has 102 valence electrons. The maximum absolute atomic E-state index is 12.0. The first kappa shape index (κ1) is 14.0. The zero-order valence-corrected chi connectivity index (χ0v) is 11.3. The molecule has 19 heavy (non-hydrogen) atoms. The van der Waals surface area contributed by atoms with E-state index in [1.165, 1.54) is 0 Å². The molecule has 5 heteroatoms. The molecule has 1 fully saturated rings. The zero-order valence-electron chi connectivity index (χ0n) is 10.5. The van der Waals surface area contributed by atoms with Crippen LogP contribution in [-0.4, -0.2) is 17.3 Å². The number of hydrogen-bond acceptors (Lipinski definition) is 3. The quantitative estimate of drug-likeness (QED) is 0.627. The van der Waals surface area contributed by atoms with Gasteiger partial charge in [-0.15, -0.1) is 0 Å². The van der Waals surface area contributed by atoms with Crippen molar-refractivity contribution < 1.29 is 9.72 Å². The summed E-state index contributed by atoms with van der Waals surface area (Å²) in [5.41, 5.74) is 0.796. The molecule has 1 aliphatic carbocycles. The summed E-state index contributed by atoms with van der Waals surface area (Å²) >= 11 is 5.95. The number of nitrogens with zero attached hydrogens (tertiary/aromatic N) is 1. The third kappa shape index (κ3) is 3.53. The minimum Gasteiger partial charge on any atom is -0.299 e. The fourth-order valence-electron chi connectivity index (χ4n) is 2.80. The summed E-state index contributed by atoms with van der Waals surface area (Å²) in [4.78, 5) is 22.6. The molecule has 2 atom stereocenters. The van der Waals surface area contributed by atoms with Gasteiger partial charge in [-0.2, -0.15) is 0 Å². The molecule has 0 amide bonds. The van der Waals surface area contributed by atoms with Gasteiger partial charge in [0.15, 0.2) is 0 Å². The molecule has 0 N–H and O–H groups in total. The minimum absolute atomic E-state index is 0.151. The predicted molar refractivity (Wildman–Crippen MR) is 73.0 cm³/mol. The first-order chi connectivity index (χ1) is 9.08. The second-order valence-electron chi connectivity index (χ2n) is 5.00. The first-order valence-electron chi connectivity index (χ1n) is 6.48. The molecule has 1 aromatic rings. The maximum atomic E-state index is 12.0. The van der Waals surface area contributed by atoms with Crippen LogP contribution in [0.2, 0.25) is 5.02 Å². The first-order valence-corrected chi connectivity index (χ1v) is 6.85. The molecular weight excluding hydrogens is 266 g/mol. The fraction of sp³-hybridized carbons (Fsp3) is 0.500. The second-order valence-corrected chi connectivity index (χ2v) is 5.43. The van der Waals surface area contributed by atoms with Crippen molar-refractivity contribution in [2.75, 3.05) is 6.54 Å². The summed E-state index contributed by atoms with van der Waals surface area (Å²) in [7, 11) is 0. The van der Waals surface area contributed by atoms with Crippen molar-refractivity contribution in [2.45, 2.75) is 31.6 Å².